The molecule has 0 atom stereocenters. The molecule has 0 unspecified atom stereocenters. The summed E-state index contributed by atoms with van der Waals surface area (Å²) in [6.07, 6.45) is 8.98. The third kappa shape index (κ3) is 4.25. The van der Waals surface area contributed by atoms with Gasteiger partial charge in [0.15, 0.2) is 0 Å². The van der Waals surface area contributed by atoms with Crippen molar-refractivity contribution in [1.82, 2.24) is 9.97 Å². The zero-order chi connectivity index (χ0) is 15.2. The Morgan fingerprint density at radius 1 is 1.19 bits per heavy atom. The molecule has 0 bridgehead atoms. The highest BCUT2D eigenvalue weighted by atomic mass is 32.2. The minimum atomic E-state index is 0.408. The summed E-state index contributed by atoms with van der Waals surface area (Å²) >= 11 is 2.01. The number of thioether (sulfide) groups is 1. The van der Waals surface area contributed by atoms with Gasteiger partial charge in [-0.1, -0.05) is 13.8 Å². The molecule has 0 aromatic carbocycles. The fourth-order valence-corrected chi connectivity index (χ4v) is 3.75. The molecule has 118 valence electrons. The first kappa shape index (κ1) is 16.4. The third-order valence-electron chi connectivity index (χ3n) is 4.15. The summed E-state index contributed by atoms with van der Waals surface area (Å²) in [5, 5.41) is 7.87. The highest BCUT2D eigenvalue weighted by molar-refractivity contribution is 7.99. The molecule has 21 heavy (non-hydrogen) atoms. The van der Waals surface area contributed by atoms with Crippen LogP contribution in [0, 0.1) is 0 Å². The van der Waals surface area contributed by atoms with E-state index in [9.17, 15) is 0 Å². The first-order valence-electron chi connectivity index (χ1n) is 8.03. The SMILES string of the molecule is CCNc1ncnc(NC2CCC(SC)CC2)c1C(C)C. The number of rotatable bonds is 6. The maximum absolute atomic E-state index is 4.51. The summed E-state index contributed by atoms with van der Waals surface area (Å²) < 4.78 is 0. The second kappa shape index (κ2) is 7.87. The van der Waals surface area contributed by atoms with Gasteiger partial charge in [-0.05, 0) is 44.8 Å². The van der Waals surface area contributed by atoms with Crippen LogP contribution in [0.4, 0.5) is 11.6 Å². The van der Waals surface area contributed by atoms with Crippen LogP contribution in [0.1, 0.15) is 57.9 Å². The van der Waals surface area contributed by atoms with Crippen molar-refractivity contribution in [3.05, 3.63) is 11.9 Å². The molecule has 2 rings (SSSR count). The molecule has 0 aliphatic heterocycles. The van der Waals surface area contributed by atoms with Gasteiger partial charge in [-0.2, -0.15) is 11.8 Å². The number of nitrogens with one attached hydrogen (secondary N) is 2. The number of hydrogen-bond acceptors (Lipinski definition) is 5. The summed E-state index contributed by atoms with van der Waals surface area (Å²) in [7, 11) is 0. The van der Waals surface area contributed by atoms with Crippen molar-refractivity contribution in [1.29, 1.82) is 0 Å². The molecule has 1 aliphatic carbocycles. The Balaban J connectivity index is 2.10. The van der Waals surface area contributed by atoms with Gasteiger partial charge >= 0.3 is 0 Å². The predicted octanol–water partition coefficient (Wildman–Crippen LogP) is 4.12. The van der Waals surface area contributed by atoms with Crippen LogP contribution in [0.25, 0.3) is 0 Å². The van der Waals surface area contributed by atoms with E-state index in [0.29, 0.717) is 12.0 Å². The van der Waals surface area contributed by atoms with Gasteiger partial charge in [0.05, 0.1) is 0 Å². The van der Waals surface area contributed by atoms with E-state index in [-0.39, 0.29) is 0 Å². The highest BCUT2D eigenvalue weighted by Crippen LogP contribution is 2.32. The molecule has 5 heteroatoms. The Morgan fingerprint density at radius 3 is 2.43 bits per heavy atom. The van der Waals surface area contributed by atoms with Crippen molar-refractivity contribution in [2.24, 2.45) is 0 Å². The Hall–Kier alpha value is -0.970. The van der Waals surface area contributed by atoms with Crippen LogP contribution < -0.4 is 10.6 Å². The third-order valence-corrected chi connectivity index (χ3v) is 5.29. The molecule has 1 aromatic heterocycles. The first-order chi connectivity index (χ1) is 10.2. The van der Waals surface area contributed by atoms with E-state index in [1.807, 2.05) is 11.8 Å². The standard InChI is InChI=1S/C16H28N4S/c1-5-17-15-14(11(2)3)16(19-10-18-15)20-12-6-8-13(21-4)9-7-12/h10-13H,5-9H2,1-4H3,(H2,17,18,19,20). The Bertz CT molecular complexity index is 442. The van der Waals surface area contributed by atoms with E-state index >= 15 is 0 Å². The molecule has 0 saturated heterocycles. The average Bonchev–Trinajstić information content (AvgIpc) is 2.48. The molecular weight excluding hydrogens is 280 g/mol. The van der Waals surface area contributed by atoms with Crippen molar-refractivity contribution in [3.63, 3.8) is 0 Å². The van der Waals surface area contributed by atoms with Crippen LogP contribution in [-0.4, -0.2) is 34.1 Å². The molecule has 2 N–H and O–H groups in total. The normalized spacial score (nSPS) is 22.3. The second-order valence-corrected chi connectivity index (χ2v) is 7.16. The minimum Gasteiger partial charge on any atom is -0.370 e. The van der Waals surface area contributed by atoms with Crippen molar-refractivity contribution in [3.8, 4) is 0 Å². The van der Waals surface area contributed by atoms with Gasteiger partial charge in [-0.25, -0.2) is 9.97 Å². The van der Waals surface area contributed by atoms with Gasteiger partial charge in [0.2, 0.25) is 0 Å². The molecule has 0 amide bonds. The summed E-state index contributed by atoms with van der Waals surface area (Å²) in [5.41, 5.74) is 1.21. The quantitative estimate of drug-likeness (QED) is 0.828. The summed E-state index contributed by atoms with van der Waals surface area (Å²) in [4.78, 5) is 8.91. The molecule has 1 aliphatic rings. The molecule has 1 aromatic rings. The molecular formula is C16H28N4S. The lowest BCUT2D eigenvalue weighted by Gasteiger charge is -2.29. The van der Waals surface area contributed by atoms with Gasteiger partial charge < -0.3 is 10.6 Å². The number of anilines is 2. The lowest BCUT2D eigenvalue weighted by atomic mass is 9.94. The summed E-state index contributed by atoms with van der Waals surface area (Å²) in [5.74, 6) is 2.40. The lowest BCUT2D eigenvalue weighted by molar-refractivity contribution is 0.471. The number of hydrogen-bond donors (Lipinski definition) is 2. The Labute approximate surface area is 132 Å². The van der Waals surface area contributed by atoms with E-state index in [0.717, 1.165) is 23.4 Å². The monoisotopic (exact) mass is 308 g/mol. The van der Waals surface area contributed by atoms with Crippen LogP contribution in [-0.2, 0) is 0 Å². The fraction of sp³-hybridized carbons (Fsp3) is 0.750. The van der Waals surface area contributed by atoms with Gasteiger partial charge in [0, 0.05) is 23.4 Å². The number of nitrogens with zero attached hydrogens (tertiary/aromatic N) is 2. The smallest absolute Gasteiger partial charge is 0.135 e. The van der Waals surface area contributed by atoms with E-state index in [2.05, 4.69) is 47.6 Å². The first-order valence-corrected chi connectivity index (χ1v) is 9.32. The van der Waals surface area contributed by atoms with Crippen LogP contribution in [0.3, 0.4) is 0 Å². The van der Waals surface area contributed by atoms with Crippen molar-refractivity contribution < 1.29 is 0 Å². The van der Waals surface area contributed by atoms with E-state index < -0.39 is 0 Å². The molecule has 4 nitrogen and oxygen atoms in total. The summed E-state index contributed by atoms with van der Waals surface area (Å²) in [6, 6.07) is 0.551. The van der Waals surface area contributed by atoms with Crippen LogP contribution in [0.15, 0.2) is 6.33 Å². The van der Waals surface area contributed by atoms with E-state index in [1.165, 1.54) is 31.2 Å². The van der Waals surface area contributed by atoms with Gasteiger partial charge in [0.1, 0.15) is 18.0 Å². The van der Waals surface area contributed by atoms with Crippen molar-refractivity contribution in [2.75, 3.05) is 23.4 Å². The Kier molecular flexibility index (Phi) is 6.15. The topological polar surface area (TPSA) is 49.8 Å². The lowest BCUT2D eigenvalue weighted by Crippen LogP contribution is -2.28. The zero-order valence-corrected chi connectivity index (χ0v) is 14.5. The van der Waals surface area contributed by atoms with Crippen molar-refractivity contribution >= 4 is 23.4 Å². The minimum absolute atomic E-state index is 0.408. The molecule has 1 heterocycles. The average molecular weight is 308 g/mol. The van der Waals surface area contributed by atoms with Gasteiger partial charge in [-0.3, -0.25) is 0 Å². The zero-order valence-electron chi connectivity index (χ0n) is 13.6. The van der Waals surface area contributed by atoms with E-state index in [4.69, 9.17) is 0 Å². The predicted molar refractivity (Wildman–Crippen MR) is 93.5 cm³/mol. The largest absolute Gasteiger partial charge is 0.370 e. The van der Waals surface area contributed by atoms with Gasteiger partial charge in [-0.15, -0.1) is 0 Å². The second-order valence-electron chi connectivity index (χ2n) is 6.02. The van der Waals surface area contributed by atoms with Crippen molar-refractivity contribution in [2.45, 2.75) is 63.7 Å². The molecule has 1 saturated carbocycles. The van der Waals surface area contributed by atoms with E-state index in [1.54, 1.807) is 6.33 Å². The fourth-order valence-electron chi connectivity index (χ4n) is 3.00. The van der Waals surface area contributed by atoms with Crippen LogP contribution >= 0.6 is 11.8 Å². The van der Waals surface area contributed by atoms with Gasteiger partial charge in [0.25, 0.3) is 0 Å². The molecule has 0 spiro atoms. The highest BCUT2D eigenvalue weighted by Gasteiger charge is 2.22. The van der Waals surface area contributed by atoms with Crippen LogP contribution in [0.5, 0.6) is 0 Å². The van der Waals surface area contributed by atoms with Crippen LogP contribution in [0.2, 0.25) is 0 Å². The maximum Gasteiger partial charge on any atom is 0.135 e. The maximum atomic E-state index is 4.51. The molecule has 0 radical (unpaired) electrons. The summed E-state index contributed by atoms with van der Waals surface area (Å²) in [6.45, 7) is 7.39. The Morgan fingerprint density at radius 2 is 1.86 bits per heavy atom. The number of aromatic nitrogens is 2. The molecule has 1 fully saturated rings.